The van der Waals surface area contributed by atoms with Gasteiger partial charge in [0.1, 0.15) is 11.9 Å². The first-order chi connectivity index (χ1) is 47.3. The van der Waals surface area contributed by atoms with Gasteiger partial charge in [0.15, 0.2) is 36.6 Å². The Hall–Kier alpha value is -7.56. The molecule has 4 aliphatic heterocycles. The van der Waals surface area contributed by atoms with Crippen LogP contribution in [0.5, 0.6) is 5.75 Å². The zero-order chi connectivity index (χ0) is 71.2. The molecule has 7 aromatic rings. The van der Waals surface area contributed by atoms with Crippen LogP contribution < -0.4 is 25.6 Å². The van der Waals surface area contributed by atoms with Crippen LogP contribution in [0.25, 0.3) is 10.9 Å². The molecule has 22 nitrogen and oxygen atoms in total. The number of hydrogen-bond acceptors (Lipinski definition) is 14. The fraction of sp³-hybridized carbons (Fsp3) is 0.384. The third-order valence-corrected chi connectivity index (χ3v) is 20.1. The van der Waals surface area contributed by atoms with Crippen molar-refractivity contribution in [1.29, 1.82) is 0 Å². The van der Waals surface area contributed by atoms with E-state index in [9.17, 15) is 64.2 Å². The second kappa shape index (κ2) is 35.2. The fourth-order valence-corrected chi connectivity index (χ4v) is 13.4. The molecule has 6 aromatic carbocycles. The number of halogens is 4. The van der Waals surface area contributed by atoms with Gasteiger partial charge in [-0.3, -0.25) is 33.6 Å². The van der Waals surface area contributed by atoms with Gasteiger partial charge in [0.05, 0.1) is 24.5 Å². The molecule has 1 aromatic heterocycles. The Morgan fingerprint density at radius 2 is 0.939 bits per heavy atom. The van der Waals surface area contributed by atoms with E-state index >= 15 is 0 Å². The number of aliphatic hydroxyl groups is 6. The van der Waals surface area contributed by atoms with Crippen LogP contribution >= 0.6 is 59.4 Å². The number of aromatic amines is 1. The van der Waals surface area contributed by atoms with Crippen molar-refractivity contribution in [1.82, 2.24) is 35.6 Å². The quantitative estimate of drug-likeness (QED) is 0.0365. The molecule has 0 spiro atoms. The molecule has 0 saturated carbocycles. The number of nitrogens with zero attached hydrogens (tertiary/aromatic N) is 4. The van der Waals surface area contributed by atoms with Crippen molar-refractivity contribution in [3.05, 3.63) is 198 Å². The van der Waals surface area contributed by atoms with E-state index in [0.717, 1.165) is 70.8 Å². The third kappa shape index (κ3) is 19.9. The molecule has 26 heteroatoms. The standard InChI is InChI=1S/C25H28BrN3O5.C25H28BrN3O4.C23H26BrClN2O5/c1-15(16-6-8-18(26)9-7-16)27-24(33)22(31)23(32)25(34)28-12-10-19(11-13-28)29-20-5-3-2-4-17(20)14-21(29)30;1-15(16-8-10-19(26)11-9-16)27-24(32)22(30)23(31)25(33)29-12-4-6-18(14-29)21-13-17-5-2-3-7-20(17)28-21;1-14(15-2-4-16(24)5-3-15)26-22(30)20(28)21(29)23(31)27-12-10-19(11-13-27)32-18-8-6-17(25)7-9-18/h2-9,15,19,22-23,31-32H,10-14H2,1H3,(H,27,33);2-3,5,7-11,13,15,18,22-23,28,30-31H,4,6,12,14H2,1H3,(H,27,32);2-9,14,19-21,28-29H,10-13H2,1H3,(H,26,30)/t15-,22+,23+;15-,18?,22+,23+;14-,20+,21+/m000/s1. The summed E-state index contributed by atoms with van der Waals surface area (Å²) in [5.41, 5.74) is 6.52. The number of amides is 7. The van der Waals surface area contributed by atoms with Crippen LogP contribution in [-0.4, -0.2) is 180 Å². The zero-order valence-corrected chi connectivity index (χ0v) is 60.3. The number of benzene rings is 6. The van der Waals surface area contributed by atoms with Gasteiger partial charge in [0.2, 0.25) is 5.91 Å². The van der Waals surface area contributed by atoms with Crippen molar-refractivity contribution in [2.45, 2.75) is 139 Å². The number of H-pyrrole nitrogens is 1. The lowest BCUT2D eigenvalue weighted by Crippen LogP contribution is -2.54. The Balaban J connectivity index is 0.000000174. The summed E-state index contributed by atoms with van der Waals surface area (Å²) < 4.78 is 8.62. The predicted octanol–water partition coefficient (Wildman–Crippen LogP) is 8.24. The Labute approximate surface area is 604 Å². The van der Waals surface area contributed by atoms with Crippen LogP contribution in [0.15, 0.2) is 165 Å². The number of hydrogen-bond donors (Lipinski definition) is 10. The van der Waals surface area contributed by atoms with E-state index in [2.05, 4.69) is 74.8 Å². The van der Waals surface area contributed by atoms with Gasteiger partial charge in [0.25, 0.3) is 35.4 Å². The summed E-state index contributed by atoms with van der Waals surface area (Å²) in [5, 5.41) is 71.8. The molecular formula is C73H82Br3ClN8O14. The Morgan fingerprint density at radius 3 is 1.40 bits per heavy atom. The van der Waals surface area contributed by atoms with Crippen molar-refractivity contribution in [3.63, 3.8) is 0 Å². The molecule has 1 unspecified atom stereocenters. The normalized spacial score (nSPS) is 18.5. The molecule has 3 saturated heterocycles. The summed E-state index contributed by atoms with van der Waals surface area (Å²) in [6, 6.07) is 45.7. The van der Waals surface area contributed by atoms with E-state index < -0.39 is 84.2 Å². The van der Waals surface area contributed by atoms with E-state index in [1.807, 2.05) is 126 Å². The molecule has 526 valence electrons. The van der Waals surface area contributed by atoms with Gasteiger partial charge in [-0.2, -0.15) is 0 Å². The maximum atomic E-state index is 12.9. The van der Waals surface area contributed by atoms with Crippen LogP contribution in [0.3, 0.4) is 0 Å². The zero-order valence-electron chi connectivity index (χ0n) is 54.8. The summed E-state index contributed by atoms with van der Waals surface area (Å²) in [7, 11) is 0. The van der Waals surface area contributed by atoms with Gasteiger partial charge >= 0.3 is 0 Å². The summed E-state index contributed by atoms with van der Waals surface area (Å²) in [6.45, 7) is 7.57. The number of piperidine rings is 3. The van der Waals surface area contributed by atoms with Crippen molar-refractivity contribution in [3.8, 4) is 5.75 Å². The number of aromatic nitrogens is 1. The van der Waals surface area contributed by atoms with Gasteiger partial charge in [-0.15, -0.1) is 0 Å². The van der Waals surface area contributed by atoms with Gasteiger partial charge in [-0.1, -0.05) is 132 Å². The molecule has 5 heterocycles. The minimum absolute atomic E-state index is 0.0303. The molecule has 11 rings (SSSR count). The maximum Gasteiger partial charge on any atom is 0.254 e. The summed E-state index contributed by atoms with van der Waals surface area (Å²) in [6.07, 6.45) is -6.82. The summed E-state index contributed by atoms with van der Waals surface area (Å²) in [5.74, 6) is -3.54. The van der Waals surface area contributed by atoms with Crippen LogP contribution in [0, 0.1) is 0 Å². The molecule has 10 N–H and O–H groups in total. The number of para-hydroxylation sites is 2. The van der Waals surface area contributed by atoms with Gasteiger partial charge in [-0.25, -0.2) is 0 Å². The first kappa shape index (κ1) is 75.6. The van der Waals surface area contributed by atoms with E-state index in [-0.39, 0.29) is 30.0 Å². The van der Waals surface area contributed by atoms with Gasteiger partial charge in [0, 0.05) is 99.4 Å². The van der Waals surface area contributed by atoms with E-state index in [1.54, 1.807) is 49.9 Å². The van der Waals surface area contributed by atoms with Crippen molar-refractivity contribution >= 4 is 117 Å². The molecule has 4 aliphatic rings. The predicted molar refractivity (Wildman–Crippen MR) is 384 cm³/mol. The number of nitrogens with one attached hydrogen (secondary N) is 4. The second-order valence-electron chi connectivity index (χ2n) is 25.2. The first-order valence-corrected chi connectivity index (χ1v) is 35.6. The van der Waals surface area contributed by atoms with Gasteiger partial charge in [-0.05, 0) is 153 Å². The lowest BCUT2D eigenvalue weighted by molar-refractivity contribution is -0.154. The highest BCUT2D eigenvalue weighted by Gasteiger charge is 2.41. The second-order valence-corrected chi connectivity index (χ2v) is 28.4. The number of carbonyl (C=O) groups excluding carboxylic acids is 7. The Morgan fingerprint density at radius 1 is 0.515 bits per heavy atom. The highest BCUT2D eigenvalue weighted by atomic mass is 79.9. The largest absolute Gasteiger partial charge is 0.490 e. The summed E-state index contributed by atoms with van der Waals surface area (Å²) in [4.78, 5) is 97.8. The molecule has 0 bridgehead atoms. The SMILES string of the molecule is C[C@H](NC(=O)[C@H](O)[C@@H](O)C(=O)N1CCC(N2C(=O)Cc3ccccc32)CC1)c1ccc(Br)cc1.C[C@H](NC(=O)[C@H](O)[C@@H](O)C(=O)N1CCC(Oc2ccc(Cl)cc2)CC1)c1ccc(Br)cc1.C[C@H](NC(=O)[C@H](O)[C@@H](O)C(=O)N1CCCC(c2cc3ccccc3[nH]2)C1)c1ccc(Br)cc1. The maximum absolute atomic E-state index is 12.9. The van der Waals surface area contributed by atoms with E-state index in [0.29, 0.717) is 82.1 Å². The van der Waals surface area contributed by atoms with E-state index in [4.69, 9.17) is 16.3 Å². The number of carbonyl (C=O) groups is 7. The highest BCUT2D eigenvalue weighted by Crippen LogP contribution is 2.35. The highest BCUT2D eigenvalue weighted by molar-refractivity contribution is 9.11. The number of anilines is 1. The number of rotatable bonds is 19. The Bertz CT molecular complexity index is 3880. The molecule has 7 amide bonds. The minimum Gasteiger partial charge on any atom is -0.490 e. The van der Waals surface area contributed by atoms with Gasteiger partial charge < -0.3 is 75.9 Å². The van der Waals surface area contributed by atoms with Crippen LogP contribution in [-0.2, 0) is 40.0 Å². The van der Waals surface area contributed by atoms with Crippen LogP contribution in [0.2, 0.25) is 5.02 Å². The number of aliphatic hydroxyl groups excluding tert-OH is 6. The third-order valence-electron chi connectivity index (χ3n) is 18.2. The van der Waals surface area contributed by atoms with E-state index in [1.165, 1.54) is 9.80 Å². The number of likely N-dealkylation sites (tertiary alicyclic amines) is 3. The molecule has 10 atom stereocenters. The molecular weight excluding hydrogens is 1490 g/mol. The fourth-order valence-electron chi connectivity index (χ4n) is 12.5. The Kier molecular flexibility index (Phi) is 26.9. The smallest absolute Gasteiger partial charge is 0.254 e. The minimum atomic E-state index is -1.88. The molecule has 0 aliphatic carbocycles. The lowest BCUT2D eigenvalue weighted by atomic mass is 9.94. The average molecular weight is 1570 g/mol. The van der Waals surface area contributed by atoms with Crippen molar-refractivity contribution in [2.24, 2.45) is 0 Å². The average Bonchev–Trinajstić information content (AvgIpc) is 1.67. The van der Waals surface area contributed by atoms with Crippen molar-refractivity contribution < 1.29 is 68.9 Å². The molecule has 0 radical (unpaired) electrons. The summed E-state index contributed by atoms with van der Waals surface area (Å²) >= 11 is 15.9. The van der Waals surface area contributed by atoms with Crippen LogP contribution in [0.1, 0.15) is 111 Å². The molecule has 99 heavy (non-hydrogen) atoms. The van der Waals surface area contributed by atoms with Crippen molar-refractivity contribution in [2.75, 3.05) is 44.2 Å². The topological polar surface area (TPSA) is 315 Å². The lowest BCUT2D eigenvalue weighted by Gasteiger charge is -2.38. The molecule has 3 fully saturated rings. The monoisotopic (exact) mass is 1570 g/mol. The first-order valence-electron chi connectivity index (χ1n) is 32.9. The number of ether oxygens (including phenoxy) is 1. The van der Waals surface area contributed by atoms with Crippen LogP contribution in [0.4, 0.5) is 5.69 Å². The number of fused-ring (bicyclic) bond motifs is 2.